The zero-order chi connectivity index (χ0) is 23.1. The molecule has 1 aromatic rings. The molecule has 1 amide bonds. The Labute approximate surface area is 200 Å². The van der Waals surface area contributed by atoms with Crippen molar-refractivity contribution in [1.29, 1.82) is 0 Å². The number of nitrogens with zero attached hydrogens (tertiary/aromatic N) is 1. The van der Waals surface area contributed by atoms with Gasteiger partial charge in [-0.1, -0.05) is 56.5 Å². The van der Waals surface area contributed by atoms with E-state index in [2.05, 4.69) is 29.8 Å². The molecule has 1 aromatic carbocycles. The summed E-state index contributed by atoms with van der Waals surface area (Å²) in [5.41, 5.74) is 0.977. The quantitative estimate of drug-likeness (QED) is 0.277. The summed E-state index contributed by atoms with van der Waals surface area (Å²) in [5, 5.41) is 20.7. The van der Waals surface area contributed by atoms with Crippen molar-refractivity contribution in [3.8, 4) is 0 Å². The minimum absolute atomic E-state index is 0.00351. The molecule has 176 valence electrons. The van der Waals surface area contributed by atoms with Crippen molar-refractivity contribution >= 4 is 40.6 Å². The van der Waals surface area contributed by atoms with Crippen molar-refractivity contribution in [2.24, 2.45) is 5.92 Å². The molecule has 3 rings (SSSR count). The third-order valence-corrected chi connectivity index (χ3v) is 8.05. The standard InChI is InChI=1S/C23H34N4O3S2/c1-23(2)26-20(15-32-23)21(28)25-19(13-10-16-6-4-3-5-7-16)22(31)24-14-17-8-11-18(12-9-17)27(29)30/h8-9,11-12,16,19-20,26H,3-7,10,13-15H2,1-2H3,(H,24,31)(H,25,28)/t19-,20+/m1/s1. The average molecular weight is 479 g/mol. The van der Waals surface area contributed by atoms with Crippen molar-refractivity contribution in [2.45, 2.75) is 82.3 Å². The molecule has 2 atom stereocenters. The average Bonchev–Trinajstić information content (AvgIpc) is 3.15. The van der Waals surface area contributed by atoms with E-state index >= 15 is 0 Å². The molecule has 1 aliphatic heterocycles. The molecule has 1 saturated heterocycles. The second-order valence-corrected chi connectivity index (χ2v) is 11.4. The summed E-state index contributed by atoms with van der Waals surface area (Å²) < 4.78 is 0. The predicted octanol–water partition coefficient (Wildman–Crippen LogP) is 4.30. The Kier molecular flexibility index (Phi) is 8.90. The van der Waals surface area contributed by atoms with Crippen molar-refractivity contribution in [3.63, 3.8) is 0 Å². The molecule has 0 spiro atoms. The number of hydrogen-bond donors (Lipinski definition) is 3. The van der Waals surface area contributed by atoms with Crippen LogP contribution >= 0.6 is 24.0 Å². The molecular weight excluding hydrogens is 444 g/mol. The molecule has 2 fully saturated rings. The first-order valence-corrected chi connectivity index (χ1v) is 12.9. The maximum Gasteiger partial charge on any atom is 0.269 e. The van der Waals surface area contributed by atoms with Gasteiger partial charge in [-0.3, -0.25) is 20.2 Å². The number of rotatable bonds is 9. The molecule has 1 saturated carbocycles. The van der Waals surface area contributed by atoms with Crippen LogP contribution in [-0.2, 0) is 11.3 Å². The lowest BCUT2D eigenvalue weighted by atomic mass is 9.85. The number of benzene rings is 1. The van der Waals surface area contributed by atoms with Gasteiger partial charge in [-0.25, -0.2) is 0 Å². The number of thiocarbonyl (C=S) groups is 1. The Bertz CT molecular complexity index is 810. The lowest BCUT2D eigenvalue weighted by Gasteiger charge is -2.27. The molecule has 0 unspecified atom stereocenters. The van der Waals surface area contributed by atoms with Crippen LogP contribution in [0.4, 0.5) is 5.69 Å². The van der Waals surface area contributed by atoms with E-state index < -0.39 is 4.92 Å². The van der Waals surface area contributed by atoms with Crippen molar-refractivity contribution < 1.29 is 9.72 Å². The topological polar surface area (TPSA) is 96.3 Å². The van der Waals surface area contributed by atoms with Crippen LogP contribution in [0.3, 0.4) is 0 Å². The smallest absolute Gasteiger partial charge is 0.269 e. The lowest BCUT2D eigenvalue weighted by molar-refractivity contribution is -0.384. The third kappa shape index (κ3) is 7.42. The van der Waals surface area contributed by atoms with Gasteiger partial charge in [0, 0.05) is 24.4 Å². The Morgan fingerprint density at radius 2 is 1.97 bits per heavy atom. The first kappa shape index (κ1) is 24.9. The zero-order valence-electron chi connectivity index (χ0n) is 18.9. The van der Waals surface area contributed by atoms with E-state index in [9.17, 15) is 14.9 Å². The van der Waals surface area contributed by atoms with Gasteiger partial charge >= 0.3 is 0 Å². The maximum atomic E-state index is 12.9. The van der Waals surface area contributed by atoms with E-state index in [4.69, 9.17) is 12.2 Å². The fraction of sp³-hybridized carbons (Fsp3) is 0.652. The molecule has 1 aliphatic carbocycles. The zero-order valence-corrected chi connectivity index (χ0v) is 20.5. The van der Waals surface area contributed by atoms with Gasteiger partial charge < -0.3 is 10.6 Å². The highest BCUT2D eigenvalue weighted by Gasteiger charge is 2.35. The summed E-state index contributed by atoms with van der Waals surface area (Å²) in [5.74, 6) is 1.45. The molecule has 32 heavy (non-hydrogen) atoms. The highest BCUT2D eigenvalue weighted by Crippen LogP contribution is 2.30. The van der Waals surface area contributed by atoms with Crippen LogP contribution in [0.15, 0.2) is 24.3 Å². The summed E-state index contributed by atoms with van der Waals surface area (Å²) in [6, 6.07) is 6.01. The second kappa shape index (κ2) is 11.4. The number of hydrogen-bond acceptors (Lipinski definition) is 6. The van der Waals surface area contributed by atoms with Crippen LogP contribution in [0.2, 0.25) is 0 Å². The van der Waals surface area contributed by atoms with Crippen LogP contribution in [0.5, 0.6) is 0 Å². The van der Waals surface area contributed by atoms with Gasteiger partial charge in [-0.2, -0.15) is 0 Å². The first-order chi connectivity index (χ1) is 15.2. The Hall–Kier alpha value is -1.71. The molecule has 0 radical (unpaired) electrons. The Morgan fingerprint density at radius 3 is 2.56 bits per heavy atom. The third-order valence-electron chi connectivity index (χ3n) is 6.28. The van der Waals surface area contributed by atoms with Gasteiger partial charge in [-0.15, -0.1) is 11.8 Å². The minimum atomic E-state index is -0.407. The molecule has 3 N–H and O–H groups in total. The number of amides is 1. The summed E-state index contributed by atoms with van der Waals surface area (Å²) in [6.45, 7) is 4.64. The Balaban J connectivity index is 1.58. The number of non-ortho nitro benzene ring substituents is 1. The largest absolute Gasteiger partial charge is 0.374 e. The second-order valence-electron chi connectivity index (χ2n) is 9.30. The number of thioether (sulfide) groups is 1. The summed E-state index contributed by atoms with van der Waals surface area (Å²) in [7, 11) is 0. The van der Waals surface area contributed by atoms with Gasteiger partial charge in [0.25, 0.3) is 5.69 Å². The van der Waals surface area contributed by atoms with Crippen LogP contribution < -0.4 is 16.0 Å². The van der Waals surface area contributed by atoms with E-state index in [-0.39, 0.29) is 28.5 Å². The van der Waals surface area contributed by atoms with E-state index in [0.717, 1.165) is 24.2 Å². The van der Waals surface area contributed by atoms with Gasteiger partial charge in [0.1, 0.15) is 0 Å². The SMILES string of the molecule is CC1(C)N[C@H](C(=O)N[C@H](CCC2CCCCC2)C(=S)NCc2ccc([N+](=O)[O-])cc2)CS1. The molecule has 0 aromatic heterocycles. The minimum Gasteiger partial charge on any atom is -0.374 e. The van der Waals surface area contributed by atoms with Gasteiger partial charge in [-0.05, 0) is 38.2 Å². The predicted molar refractivity (Wildman–Crippen MR) is 134 cm³/mol. The molecule has 1 heterocycles. The van der Waals surface area contributed by atoms with Gasteiger partial charge in [0.05, 0.1) is 26.9 Å². The van der Waals surface area contributed by atoms with E-state index in [1.165, 1.54) is 44.2 Å². The van der Waals surface area contributed by atoms with Crippen LogP contribution in [-0.4, -0.2) is 38.5 Å². The van der Waals surface area contributed by atoms with Gasteiger partial charge in [0.2, 0.25) is 5.91 Å². The molecular formula is C23H34N4O3S2. The maximum absolute atomic E-state index is 12.9. The van der Waals surface area contributed by atoms with Crippen LogP contribution in [0.25, 0.3) is 0 Å². The molecule has 0 bridgehead atoms. The van der Waals surface area contributed by atoms with Crippen LogP contribution in [0, 0.1) is 16.0 Å². The highest BCUT2D eigenvalue weighted by atomic mass is 32.2. The van der Waals surface area contributed by atoms with E-state index in [1.807, 2.05) is 0 Å². The van der Waals surface area contributed by atoms with Crippen molar-refractivity contribution in [2.75, 3.05) is 5.75 Å². The number of nitrogens with one attached hydrogen (secondary N) is 3. The van der Waals surface area contributed by atoms with Gasteiger partial charge in [0.15, 0.2) is 0 Å². The van der Waals surface area contributed by atoms with E-state index in [1.54, 1.807) is 23.9 Å². The molecule has 7 nitrogen and oxygen atoms in total. The fourth-order valence-electron chi connectivity index (χ4n) is 4.40. The number of nitro benzene ring substituents is 1. The summed E-state index contributed by atoms with van der Waals surface area (Å²) in [4.78, 5) is 23.9. The number of carbonyl (C=O) groups is 1. The van der Waals surface area contributed by atoms with Crippen LogP contribution in [0.1, 0.15) is 64.4 Å². The van der Waals surface area contributed by atoms with Crippen molar-refractivity contribution in [3.05, 3.63) is 39.9 Å². The summed E-state index contributed by atoms with van der Waals surface area (Å²) >= 11 is 7.44. The number of carbonyl (C=O) groups excluding carboxylic acids is 1. The fourth-order valence-corrected chi connectivity index (χ4v) is 5.70. The van der Waals surface area contributed by atoms with Crippen molar-refractivity contribution in [1.82, 2.24) is 16.0 Å². The number of nitro groups is 1. The monoisotopic (exact) mass is 478 g/mol. The molecule has 2 aliphatic rings. The van der Waals surface area contributed by atoms with E-state index in [0.29, 0.717) is 17.5 Å². The highest BCUT2D eigenvalue weighted by molar-refractivity contribution is 8.00. The lowest BCUT2D eigenvalue weighted by Crippen LogP contribution is -2.53. The molecule has 9 heteroatoms. The first-order valence-electron chi connectivity index (χ1n) is 11.5. The Morgan fingerprint density at radius 1 is 1.28 bits per heavy atom. The summed E-state index contributed by atoms with van der Waals surface area (Å²) in [6.07, 6.45) is 8.32. The normalized spacial score (nSPS) is 21.6.